The molecule has 0 aliphatic carbocycles. The molecule has 0 aliphatic heterocycles. The van der Waals surface area contributed by atoms with Gasteiger partial charge >= 0.3 is 39.5 Å². The molecule has 0 saturated carbocycles. The van der Waals surface area contributed by atoms with Crippen molar-refractivity contribution in [2.24, 2.45) is 11.8 Å². The Morgan fingerprint density at radius 2 is 0.614 bits per heavy atom. The molecule has 0 aliphatic rings. The minimum atomic E-state index is -4.96. The van der Waals surface area contributed by atoms with Crippen molar-refractivity contribution in [3.05, 3.63) is 24.3 Å². The van der Waals surface area contributed by atoms with Gasteiger partial charge in [0.15, 0.2) is 12.2 Å². The van der Waals surface area contributed by atoms with Crippen LogP contribution in [0.1, 0.15) is 324 Å². The van der Waals surface area contributed by atoms with E-state index in [-0.39, 0.29) is 25.7 Å². The largest absolute Gasteiger partial charge is 0.472 e. The van der Waals surface area contributed by atoms with Crippen LogP contribution in [0.5, 0.6) is 0 Å². The Labute approximate surface area is 535 Å². The first-order valence-electron chi connectivity index (χ1n) is 35.3. The number of allylic oxidation sites excluding steroid dienone is 4. The van der Waals surface area contributed by atoms with Gasteiger partial charge in [0, 0.05) is 25.7 Å². The highest BCUT2D eigenvalue weighted by Gasteiger charge is 2.30. The van der Waals surface area contributed by atoms with Crippen LogP contribution in [0.2, 0.25) is 0 Å². The molecule has 0 saturated heterocycles. The molecule has 19 heteroatoms. The number of ether oxygens (including phenoxy) is 4. The second-order valence-electron chi connectivity index (χ2n) is 25.2. The van der Waals surface area contributed by atoms with Crippen molar-refractivity contribution in [2.75, 3.05) is 39.6 Å². The summed E-state index contributed by atoms with van der Waals surface area (Å²) in [6.07, 6.45) is 48.0. The van der Waals surface area contributed by atoms with Gasteiger partial charge in [0.25, 0.3) is 0 Å². The van der Waals surface area contributed by atoms with Gasteiger partial charge in [-0.15, -0.1) is 0 Å². The fourth-order valence-electron chi connectivity index (χ4n) is 9.87. The van der Waals surface area contributed by atoms with Gasteiger partial charge < -0.3 is 33.8 Å². The van der Waals surface area contributed by atoms with E-state index in [0.29, 0.717) is 25.7 Å². The summed E-state index contributed by atoms with van der Waals surface area (Å²) in [5.74, 6) is -0.682. The molecule has 0 aromatic carbocycles. The molecular weight excluding hydrogens is 1160 g/mol. The number of aliphatic hydroxyl groups excluding tert-OH is 1. The van der Waals surface area contributed by atoms with Crippen molar-refractivity contribution in [1.82, 2.24) is 0 Å². The van der Waals surface area contributed by atoms with Crippen molar-refractivity contribution in [3.63, 3.8) is 0 Å². The van der Waals surface area contributed by atoms with Gasteiger partial charge in [0.05, 0.1) is 26.4 Å². The molecular formula is C69H130O17P2. The lowest BCUT2D eigenvalue weighted by Crippen LogP contribution is -2.30. The number of phosphoric ester groups is 2. The van der Waals surface area contributed by atoms with Gasteiger partial charge in [-0.1, -0.05) is 271 Å². The van der Waals surface area contributed by atoms with E-state index in [1.165, 1.54) is 128 Å². The third kappa shape index (κ3) is 62.4. The predicted molar refractivity (Wildman–Crippen MR) is 354 cm³/mol. The Morgan fingerprint density at radius 1 is 0.352 bits per heavy atom. The zero-order valence-corrected chi connectivity index (χ0v) is 58.3. The summed E-state index contributed by atoms with van der Waals surface area (Å²) >= 11 is 0. The lowest BCUT2D eigenvalue weighted by atomic mass is 10.0. The summed E-state index contributed by atoms with van der Waals surface area (Å²) in [5.41, 5.74) is 0. The van der Waals surface area contributed by atoms with Gasteiger partial charge in [-0.3, -0.25) is 37.3 Å². The lowest BCUT2D eigenvalue weighted by Gasteiger charge is -2.21. The summed E-state index contributed by atoms with van der Waals surface area (Å²) in [5, 5.41) is 10.6. The van der Waals surface area contributed by atoms with E-state index >= 15 is 0 Å². The van der Waals surface area contributed by atoms with E-state index in [1.54, 1.807) is 0 Å². The van der Waals surface area contributed by atoms with Gasteiger partial charge in [-0.2, -0.15) is 0 Å². The Hall–Kier alpha value is -2.46. The molecule has 2 unspecified atom stereocenters. The van der Waals surface area contributed by atoms with Crippen LogP contribution < -0.4 is 0 Å². The molecule has 0 heterocycles. The predicted octanol–water partition coefficient (Wildman–Crippen LogP) is 19.2. The van der Waals surface area contributed by atoms with Crippen molar-refractivity contribution < 1.29 is 80.2 Å². The number of aliphatic hydroxyl groups is 1. The second-order valence-corrected chi connectivity index (χ2v) is 28.1. The molecule has 5 atom stereocenters. The Morgan fingerprint density at radius 3 is 0.932 bits per heavy atom. The van der Waals surface area contributed by atoms with E-state index in [2.05, 4.69) is 65.8 Å². The highest BCUT2D eigenvalue weighted by molar-refractivity contribution is 7.47. The summed E-state index contributed by atoms with van der Waals surface area (Å²) in [7, 11) is -9.91. The average Bonchev–Trinajstić information content (AvgIpc) is 3.62. The van der Waals surface area contributed by atoms with Crippen molar-refractivity contribution in [3.8, 4) is 0 Å². The quantitative estimate of drug-likeness (QED) is 0.0169. The minimum Gasteiger partial charge on any atom is -0.462 e. The first-order chi connectivity index (χ1) is 42.4. The van der Waals surface area contributed by atoms with E-state index in [1.807, 2.05) is 0 Å². The first-order valence-corrected chi connectivity index (χ1v) is 38.3. The van der Waals surface area contributed by atoms with Gasteiger partial charge in [-0.25, -0.2) is 9.13 Å². The third-order valence-electron chi connectivity index (χ3n) is 15.3. The number of carbonyl (C=O) groups is 4. The van der Waals surface area contributed by atoms with Gasteiger partial charge in [-0.05, 0) is 63.2 Å². The average molecular weight is 1290 g/mol. The molecule has 518 valence electrons. The molecule has 0 aromatic heterocycles. The highest BCUT2D eigenvalue weighted by atomic mass is 31.2. The summed E-state index contributed by atoms with van der Waals surface area (Å²) in [6.45, 7) is 9.41. The maximum absolute atomic E-state index is 13.0. The molecule has 0 radical (unpaired) electrons. The second kappa shape index (κ2) is 60.8. The van der Waals surface area contributed by atoms with Crippen LogP contribution in [0.3, 0.4) is 0 Å². The minimum absolute atomic E-state index is 0.0844. The summed E-state index contributed by atoms with van der Waals surface area (Å²) in [6, 6.07) is 0. The number of phosphoric acid groups is 2. The van der Waals surface area contributed by atoms with Crippen molar-refractivity contribution in [1.29, 1.82) is 0 Å². The third-order valence-corrected chi connectivity index (χ3v) is 17.2. The highest BCUT2D eigenvalue weighted by Crippen LogP contribution is 2.45. The molecule has 0 spiro atoms. The molecule has 0 bridgehead atoms. The maximum Gasteiger partial charge on any atom is 0.472 e. The Kier molecular flexibility index (Phi) is 59.1. The van der Waals surface area contributed by atoms with Crippen LogP contribution in [0.25, 0.3) is 0 Å². The molecule has 17 nitrogen and oxygen atoms in total. The topological polar surface area (TPSA) is 237 Å². The Balaban J connectivity index is 5.28. The normalized spacial score (nSPS) is 14.4. The number of esters is 4. The molecule has 0 fully saturated rings. The number of hydrogen-bond donors (Lipinski definition) is 3. The Bertz CT molecular complexity index is 1810. The zero-order chi connectivity index (χ0) is 65.0. The molecule has 3 N–H and O–H groups in total. The van der Waals surface area contributed by atoms with Crippen LogP contribution in [0.15, 0.2) is 24.3 Å². The lowest BCUT2D eigenvalue weighted by molar-refractivity contribution is -0.161. The van der Waals surface area contributed by atoms with Crippen LogP contribution in [0.4, 0.5) is 0 Å². The SMILES string of the molecule is CCCCCC/C=C\C=C/CCCCCCCC(=O)O[C@H](COC(=O)CCCCCCCCCCCC(C)C)COP(=O)(O)OC[C@@H](O)COP(=O)(O)OC[C@@H](COC(=O)CCCCCCCCCCC)OC(=O)CCCCCCCCCCCC(C)C. The molecule has 88 heavy (non-hydrogen) atoms. The van der Waals surface area contributed by atoms with E-state index in [4.69, 9.17) is 37.0 Å². The number of unbranched alkanes of at least 4 members (excludes halogenated alkanes) is 33. The maximum atomic E-state index is 13.0. The van der Waals surface area contributed by atoms with Gasteiger partial charge in [0.1, 0.15) is 19.3 Å². The number of rotatable bonds is 66. The van der Waals surface area contributed by atoms with Crippen LogP contribution in [-0.2, 0) is 65.4 Å². The fraction of sp³-hybridized carbons (Fsp3) is 0.884. The monoisotopic (exact) mass is 1290 g/mol. The molecule has 0 aromatic rings. The summed E-state index contributed by atoms with van der Waals surface area (Å²) < 4.78 is 68.1. The van der Waals surface area contributed by atoms with Crippen molar-refractivity contribution >= 4 is 39.5 Å². The first kappa shape index (κ1) is 85.5. The van der Waals surface area contributed by atoms with E-state index < -0.39 is 97.5 Å². The van der Waals surface area contributed by atoms with Crippen LogP contribution in [0, 0.1) is 11.8 Å². The van der Waals surface area contributed by atoms with Gasteiger partial charge in [0.2, 0.25) is 0 Å². The molecule has 0 amide bonds. The molecule has 0 rings (SSSR count). The number of carbonyl (C=O) groups excluding carboxylic acids is 4. The smallest absolute Gasteiger partial charge is 0.462 e. The van der Waals surface area contributed by atoms with Crippen LogP contribution in [-0.4, -0.2) is 96.7 Å². The van der Waals surface area contributed by atoms with E-state index in [0.717, 1.165) is 115 Å². The van der Waals surface area contributed by atoms with E-state index in [9.17, 15) is 43.2 Å². The number of hydrogen-bond acceptors (Lipinski definition) is 15. The van der Waals surface area contributed by atoms with Crippen molar-refractivity contribution in [2.45, 2.75) is 342 Å². The zero-order valence-electron chi connectivity index (χ0n) is 56.5. The summed E-state index contributed by atoms with van der Waals surface area (Å²) in [4.78, 5) is 72.4. The van der Waals surface area contributed by atoms with Crippen LogP contribution >= 0.6 is 15.6 Å². The fourth-order valence-corrected chi connectivity index (χ4v) is 11.5. The standard InChI is InChI=1S/C69H130O17P2/c1-7-9-11-13-15-17-18-19-20-21-22-28-35-41-47-53-68(73)85-65(58-80-67(72)52-46-40-34-29-23-26-31-37-43-49-61(3)4)60-84-88(77,78)82-56-63(70)55-81-87(75,76)83-59-64(57-79-66(71)51-45-39-33-25-16-14-12-10-8-2)86-69(74)54-48-42-36-30-24-27-32-38-44-50-62(5)6/h17-20,61-65,70H,7-16,21-60H2,1-6H3,(H,75,76)(H,77,78)/b18-17-,20-19-/t63-,64+,65+/m0/s1.